The molecular formula is C47H93N2O6P. The van der Waals surface area contributed by atoms with Crippen molar-refractivity contribution in [2.45, 2.75) is 231 Å². The molecule has 0 bridgehead atoms. The van der Waals surface area contributed by atoms with Crippen LogP contribution in [0.3, 0.4) is 0 Å². The molecule has 332 valence electrons. The zero-order valence-electron chi connectivity index (χ0n) is 37.6. The fourth-order valence-corrected chi connectivity index (χ4v) is 7.62. The molecule has 0 aromatic heterocycles. The molecule has 1 amide bonds. The van der Waals surface area contributed by atoms with E-state index in [9.17, 15) is 19.4 Å². The van der Waals surface area contributed by atoms with Crippen LogP contribution in [0.1, 0.15) is 219 Å². The highest BCUT2D eigenvalue weighted by Gasteiger charge is 2.24. The first kappa shape index (κ1) is 55.0. The lowest BCUT2D eigenvalue weighted by Gasteiger charge is -2.30. The number of amides is 1. The zero-order chi connectivity index (χ0) is 41.4. The molecule has 3 atom stereocenters. The van der Waals surface area contributed by atoms with Crippen LogP contribution in [0.2, 0.25) is 0 Å². The molecule has 0 fully saturated rings. The highest BCUT2D eigenvalue weighted by Crippen LogP contribution is 2.38. The van der Waals surface area contributed by atoms with E-state index < -0.39 is 20.0 Å². The van der Waals surface area contributed by atoms with Gasteiger partial charge in [0, 0.05) is 6.42 Å². The maximum Gasteiger partial charge on any atom is 0.268 e. The normalized spacial score (nSPS) is 14.5. The highest BCUT2D eigenvalue weighted by molar-refractivity contribution is 7.45. The molecule has 8 nitrogen and oxygen atoms in total. The van der Waals surface area contributed by atoms with Crippen molar-refractivity contribution in [3.63, 3.8) is 0 Å². The van der Waals surface area contributed by atoms with Crippen molar-refractivity contribution in [2.75, 3.05) is 40.9 Å². The summed E-state index contributed by atoms with van der Waals surface area (Å²) in [6.45, 7) is 4.71. The van der Waals surface area contributed by atoms with Crippen LogP contribution < -0.4 is 10.2 Å². The van der Waals surface area contributed by atoms with Gasteiger partial charge >= 0.3 is 0 Å². The van der Waals surface area contributed by atoms with E-state index in [-0.39, 0.29) is 19.1 Å². The topological polar surface area (TPSA) is 108 Å². The van der Waals surface area contributed by atoms with Crippen LogP contribution in [0.15, 0.2) is 24.3 Å². The van der Waals surface area contributed by atoms with Gasteiger partial charge in [-0.15, -0.1) is 0 Å². The fraction of sp³-hybridized carbons (Fsp3) is 0.894. The van der Waals surface area contributed by atoms with E-state index in [1.807, 2.05) is 21.1 Å². The van der Waals surface area contributed by atoms with E-state index >= 15 is 0 Å². The first-order valence-electron chi connectivity index (χ1n) is 23.7. The second-order valence-corrected chi connectivity index (χ2v) is 18.9. The molecule has 3 unspecified atom stereocenters. The Hall–Kier alpha value is -1.02. The zero-order valence-corrected chi connectivity index (χ0v) is 38.5. The molecule has 0 radical (unpaired) electrons. The Kier molecular flexibility index (Phi) is 38.7. The van der Waals surface area contributed by atoms with Crippen molar-refractivity contribution >= 4 is 13.7 Å². The van der Waals surface area contributed by atoms with Gasteiger partial charge in [0.05, 0.1) is 39.9 Å². The third kappa shape index (κ3) is 41.2. The Morgan fingerprint density at radius 3 is 1.50 bits per heavy atom. The molecule has 0 spiro atoms. The highest BCUT2D eigenvalue weighted by atomic mass is 31.2. The summed E-state index contributed by atoms with van der Waals surface area (Å²) in [5.41, 5.74) is 0. The molecule has 0 aromatic rings. The van der Waals surface area contributed by atoms with Crippen LogP contribution in [0.4, 0.5) is 0 Å². The van der Waals surface area contributed by atoms with E-state index in [2.05, 4.69) is 43.5 Å². The third-order valence-electron chi connectivity index (χ3n) is 10.7. The number of likely N-dealkylation sites (N-methyl/N-ethyl adjacent to an activating group) is 1. The number of phosphoric acid groups is 1. The number of carbonyl (C=O) groups is 1. The molecule has 2 N–H and O–H groups in total. The molecular weight excluding hydrogens is 719 g/mol. The number of nitrogens with one attached hydrogen (secondary N) is 1. The van der Waals surface area contributed by atoms with Crippen molar-refractivity contribution in [1.29, 1.82) is 0 Å². The quantitative estimate of drug-likeness (QED) is 0.0275. The standard InChI is InChI=1S/C47H93N2O6P/c1-6-8-10-12-14-16-18-20-22-24-25-27-29-31-33-35-37-39-41-47(51)48-45(44-55-56(52,53)54-43-42-49(3,4)5)46(50)40-38-36-34-32-30-28-26-23-21-19-17-15-13-11-9-7-2/h16,18,22,24,45-46,50H,6-15,17,19-21,23,25-44H2,1-5H3,(H-,48,51,52,53)/b18-16-,24-22-. The number of quaternary nitrogens is 1. The summed E-state index contributed by atoms with van der Waals surface area (Å²) in [4.78, 5) is 25.4. The lowest BCUT2D eigenvalue weighted by molar-refractivity contribution is -0.870. The van der Waals surface area contributed by atoms with Gasteiger partial charge in [0.15, 0.2) is 0 Å². The monoisotopic (exact) mass is 813 g/mol. The van der Waals surface area contributed by atoms with Crippen LogP contribution in [0, 0.1) is 0 Å². The predicted octanol–water partition coefficient (Wildman–Crippen LogP) is 12.7. The Morgan fingerprint density at radius 1 is 0.625 bits per heavy atom. The largest absolute Gasteiger partial charge is 0.756 e. The van der Waals surface area contributed by atoms with Crippen LogP contribution in [0.25, 0.3) is 0 Å². The van der Waals surface area contributed by atoms with E-state index in [4.69, 9.17) is 9.05 Å². The Balaban J connectivity index is 4.33. The Labute approximate surface area is 347 Å². The Morgan fingerprint density at radius 2 is 1.04 bits per heavy atom. The van der Waals surface area contributed by atoms with E-state index in [0.29, 0.717) is 23.9 Å². The maximum atomic E-state index is 12.9. The summed E-state index contributed by atoms with van der Waals surface area (Å²) in [5, 5.41) is 13.9. The van der Waals surface area contributed by atoms with Gasteiger partial charge < -0.3 is 28.8 Å². The molecule has 0 aliphatic carbocycles. The smallest absolute Gasteiger partial charge is 0.268 e. The average molecular weight is 813 g/mol. The number of aliphatic hydroxyl groups is 1. The van der Waals surface area contributed by atoms with Crippen molar-refractivity contribution < 1.29 is 32.9 Å². The van der Waals surface area contributed by atoms with E-state index in [1.54, 1.807) is 0 Å². The van der Waals surface area contributed by atoms with Crippen LogP contribution in [0.5, 0.6) is 0 Å². The van der Waals surface area contributed by atoms with Gasteiger partial charge in [-0.3, -0.25) is 9.36 Å². The van der Waals surface area contributed by atoms with Crippen molar-refractivity contribution in [3.05, 3.63) is 24.3 Å². The fourth-order valence-electron chi connectivity index (χ4n) is 6.89. The lowest BCUT2D eigenvalue weighted by Crippen LogP contribution is -2.46. The summed E-state index contributed by atoms with van der Waals surface area (Å²) in [7, 11) is 1.30. The summed E-state index contributed by atoms with van der Waals surface area (Å²) in [6.07, 6.45) is 46.0. The van der Waals surface area contributed by atoms with Gasteiger partial charge in [-0.1, -0.05) is 192 Å². The van der Waals surface area contributed by atoms with Gasteiger partial charge in [0.1, 0.15) is 13.2 Å². The second-order valence-electron chi connectivity index (χ2n) is 17.5. The predicted molar refractivity (Wildman–Crippen MR) is 238 cm³/mol. The molecule has 9 heteroatoms. The minimum absolute atomic E-state index is 0.0112. The van der Waals surface area contributed by atoms with E-state index in [0.717, 1.165) is 51.4 Å². The van der Waals surface area contributed by atoms with E-state index in [1.165, 1.54) is 141 Å². The van der Waals surface area contributed by atoms with Gasteiger partial charge in [-0.25, -0.2) is 0 Å². The molecule has 0 saturated carbocycles. The van der Waals surface area contributed by atoms with Crippen LogP contribution >= 0.6 is 7.82 Å². The first-order valence-corrected chi connectivity index (χ1v) is 25.1. The first-order chi connectivity index (χ1) is 27.0. The van der Waals surface area contributed by atoms with Gasteiger partial charge in [0.2, 0.25) is 5.91 Å². The lowest BCUT2D eigenvalue weighted by atomic mass is 10.0. The number of hydrogen-bond acceptors (Lipinski definition) is 6. The summed E-state index contributed by atoms with van der Waals surface area (Å²) >= 11 is 0. The number of rotatable bonds is 43. The number of phosphoric ester groups is 1. The number of aliphatic hydroxyl groups excluding tert-OH is 1. The number of unbranched alkanes of at least 4 members (excludes halogenated alkanes) is 26. The molecule has 0 aliphatic heterocycles. The number of carbonyl (C=O) groups excluding carboxylic acids is 1. The van der Waals surface area contributed by atoms with Crippen LogP contribution in [-0.4, -0.2) is 68.5 Å². The maximum absolute atomic E-state index is 12.9. The second kappa shape index (κ2) is 39.4. The number of nitrogens with zero attached hydrogens (tertiary/aromatic N) is 1. The summed E-state index contributed by atoms with van der Waals surface area (Å²) < 4.78 is 23.3. The van der Waals surface area contributed by atoms with Gasteiger partial charge in [-0.05, 0) is 44.9 Å². The molecule has 0 saturated heterocycles. The Bertz CT molecular complexity index is 969. The van der Waals surface area contributed by atoms with Crippen molar-refractivity contribution in [2.24, 2.45) is 0 Å². The summed E-state index contributed by atoms with van der Waals surface area (Å²) in [5.74, 6) is -0.172. The molecule has 0 aromatic carbocycles. The minimum atomic E-state index is -4.57. The number of hydrogen-bond donors (Lipinski definition) is 2. The van der Waals surface area contributed by atoms with Crippen molar-refractivity contribution in [1.82, 2.24) is 5.32 Å². The molecule has 0 aliphatic rings. The molecule has 0 heterocycles. The SMILES string of the molecule is CCCCCC/C=C\C/C=C\CCCCCCCCCC(=O)NC(COP(=O)([O-])OCC[N+](C)(C)C)C(O)CCCCCCCCCCCCCCCCCC. The third-order valence-corrected chi connectivity index (χ3v) is 11.7. The van der Waals surface area contributed by atoms with Gasteiger partial charge in [0.25, 0.3) is 7.82 Å². The average Bonchev–Trinajstić information content (AvgIpc) is 3.15. The van der Waals surface area contributed by atoms with Gasteiger partial charge in [-0.2, -0.15) is 0 Å². The summed E-state index contributed by atoms with van der Waals surface area (Å²) in [6, 6.07) is -0.802. The number of allylic oxidation sites excluding steroid dienone is 4. The minimum Gasteiger partial charge on any atom is -0.756 e. The molecule has 56 heavy (non-hydrogen) atoms. The van der Waals surface area contributed by atoms with Crippen molar-refractivity contribution in [3.8, 4) is 0 Å². The molecule has 0 rings (SSSR count). The van der Waals surface area contributed by atoms with Crippen LogP contribution in [-0.2, 0) is 18.4 Å².